The van der Waals surface area contributed by atoms with E-state index in [4.69, 9.17) is 5.73 Å². The van der Waals surface area contributed by atoms with Crippen molar-refractivity contribution >= 4 is 17.2 Å². The van der Waals surface area contributed by atoms with Gasteiger partial charge in [0.15, 0.2) is 5.69 Å². The van der Waals surface area contributed by atoms with Gasteiger partial charge in [0.25, 0.3) is 5.56 Å². The molecule has 1 heterocycles. The number of rotatable bonds is 3. The molecule has 0 saturated heterocycles. The second kappa shape index (κ2) is 6.56. The van der Waals surface area contributed by atoms with E-state index in [0.29, 0.717) is 5.69 Å². The molecule has 3 rings (SSSR count). The lowest BCUT2D eigenvalue weighted by Gasteiger charge is -2.07. The smallest absolute Gasteiger partial charge is 0.332 e. The molecule has 7 nitrogen and oxygen atoms in total. The maximum absolute atomic E-state index is 12.1. The number of azo groups is 1. The summed E-state index contributed by atoms with van der Waals surface area (Å²) in [6, 6.07) is 17.4. The molecule has 0 aliphatic carbocycles. The molecule has 0 spiro atoms. The lowest BCUT2D eigenvalue weighted by atomic mass is 10.1. The average Bonchev–Trinajstić information content (AvgIpc) is 2.66. The number of nitrogens with two attached hydrogens (primary N) is 1. The number of hydrogen-bond donors (Lipinski definition) is 1. The van der Waals surface area contributed by atoms with Crippen LogP contribution in [-0.4, -0.2) is 9.13 Å². The predicted molar refractivity (Wildman–Crippen MR) is 97.4 cm³/mol. The zero-order valence-corrected chi connectivity index (χ0v) is 13.9. The first-order chi connectivity index (χ1) is 12.0. The lowest BCUT2D eigenvalue weighted by Crippen LogP contribution is -2.37. The van der Waals surface area contributed by atoms with Crippen molar-refractivity contribution in [2.24, 2.45) is 24.3 Å². The molecule has 2 aromatic carbocycles. The fourth-order valence-corrected chi connectivity index (χ4v) is 2.40. The molecule has 126 valence electrons. The number of nitrogen functional groups attached to an aromatic ring is 1. The number of anilines is 1. The van der Waals surface area contributed by atoms with Gasteiger partial charge in [-0.1, -0.05) is 42.5 Å². The van der Waals surface area contributed by atoms with Crippen LogP contribution in [0.4, 0.5) is 17.2 Å². The van der Waals surface area contributed by atoms with Crippen LogP contribution < -0.4 is 17.0 Å². The summed E-state index contributed by atoms with van der Waals surface area (Å²) in [7, 11) is 2.85. The molecule has 0 aliphatic rings. The molecular formula is C18H17N5O2. The van der Waals surface area contributed by atoms with Crippen molar-refractivity contribution in [3.05, 3.63) is 75.4 Å². The van der Waals surface area contributed by atoms with Gasteiger partial charge >= 0.3 is 5.69 Å². The summed E-state index contributed by atoms with van der Waals surface area (Å²) in [5.74, 6) is -0.0160. The van der Waals surface area contributed by atoms with E-state index >= 15 is 0 Å². The van der Waals surface area contributed by atoms with Crippen molar-refractivity contribution in [2.45, 2.75) is 0 Å². The molecule has 0 radical (unpaired) electrons. The van der Waals surface area contributed by atoms with Gasteiger partial charge in [0.2, 0.25) is 0 Å². The number of hydrogen-bond acceptors (Lipinski definition) is 5. The third-order valence-corrected chi connectivity index (χ3v) is 3.92. The zero-order chi connectivity index (χ0) is 18.0. The van der Waals surface area contributed by atoms with Gasteiger partial charge in [0.1, 0.15) is 5.82 Å². The van der Waals surface area contributed by atoms with E-state index in [1.807, 2.05) is 42.5 Å². The molecule has 0 amide bonds. The first-order valence-corrected chi connectivity index (χ1v) is 7.62. The molecule has 0 aliphatic heterocycles. The Kier molecular flexibility index (Phi) is 4.30. The van der Waals surface area contributed by atoms with Crippen LogP contribution in [0, 0.1) is 0 Å². The summed E-state index contributed by atoms with van der Waals surface area (Å²) in [4.78, 5) is 23.9. The highest BCUT2D eigenvalue weighted by molar-refractivity contribution is 5.65. The van der Waals surface area contributed by atoms with Crippen molar-refractivity contribution in [3.8, 4) is 11.1 Å². The Labute approximate surface area is 143 Å². The largest absolute Gasteiger partial charge is 0.383 e. The van der Waals surface area contributed by atoms with Gasteiger partial charge < -0.3 is 5.73 Å². The lowest BCUT2D eigenvalue weighted by molar-refractivity contribution is 0.694. The highest BCUT2D eigenvalue weighted by atomic mass is 16.2. The quantitative estimate of drug-likeness (QED) is 0.746. The summed E-state index contributed by atoms with van der Waals surface area (Å²) in [5.41, 5.74) is 7.40. The van der Waals surface area contributed by atoms with Crippen molar-refractivity contribution < 1.29 is 0 Å². The molecule has 0 fully saturated rings. The van der Waals surface area contributed by atoms with E-state index in [1.165, 1.54) is 14.1 Å². The van der Waals surface area contributed by atoms with Gasteiger partial charge in [-0.15, -0.1) is 5.11 Å². The van der Waals surface area contributed by atoms with E-state index < -0.39 is 11.2 Å². The highest BCUT2D eigenvalue weighted by Crippen LogP contribution is 2.24. The van der Waals surface area contributed by atoms with Gasteiger partial charge in [-0.3, -0.25) is 13.9 Å². The van der Waals surface area contributed by atoms with Crippen LogP contribution in [0.2, 0.25) is 0 Å². The highest BCUT2D eigenvalue weighted by Gasteiger charge is 2.12. The maximum Gasteiger partial charge on any atom is 0.332 e. The van der Waals surface area contributed by atoms with Crippen LogP contribution in [0.1, 0.15) is 0 Å². The molecule has 0 bridgehead atoms. The minimum absolute atomic E-state index is 0.0160. The molecule has 0 unspecified atom stereocenters. The second-order valence-electron chi connectivity index (χ2n) is 5.55. The third-order valence-electron chi connectivity index (χ3n) is 3.92. The van der Waals surface area contributed by atoms with E-state index in [9.17, 15) is 9.59 Å². The Bertz CT molecular complexity index is 1050. The van der Waals surface area contributed by atoms with Crippen LogP contribution in [0.15, 0.2) is 74.4 Å². The van der Waals surface area contributed by atoms with Crippen molar-refractivity contribution in [1.82, 2.24) is 9.13 Å². The van der Waals surface area contributed by atoms with E-state index in [0.717, 1.165) is 20.3 Å². The first-order valence-electron chi connectivity index (χ1n) is 7.62. The van der Waals surface area contributed by atoms with E-state index in [1.54, 1.807) is 12.1 Å². The predicted octanol–water partition coefficient (Wildman–Crippen LogP) is 2.75. The van der Waals surface area contributed by atoms with Crippen molar-refractivity contribution in [1.29, 1.82) is 0 Å². The molecule has 3 aromatic rings. The Morgan fingerprint density at radius 2 is 1.40 bits per heavy atom. The van der Waals surface area contributed by atoms with Gasteiger partial charge in [-0.2, -0.15) is 5.11 Å². The minimum atomic E-state index is -0.578. The summed E-state index contributed by atoms with van der Waals surface area (Å²) in [5, 5.41) is 8.01. The summed E-state index contributed by atoms with van der Waals surface area (Å²) in [6.45, 7) is 0. The topological polar surface area (TPSA) is 94.7 Å². The molecule has 1 aromatic heterocycles. The molecule has 0 atom stereocenters. The van der Waals surface area contributed by atoms with E-state index in [-0.39, 0.29) is 11.5 Å². The Morgan fingerprint density at radius 1 is 0.800 bits per heavy atom. The molecule has 25 heavy (non-hydrogen) atoms. The number of nitrogens with zero attached hydrogens (tertiary/aromatic N) is 4. The Balaban J connectivity index is 1.94. The minimum Gasteiger partial charge on any atom is -0.383 e. The summed E-state index contributed by atoms with van der Waals surface area (Å²) in [6.07, 6.45) is 0. The summed E-state index contributed by atoms with van der Waals surface area (Å²) < 4.78 is 2.11. The molecular weight excluding hydrogens is 318 g/mol. The molecule has 7 heteroatoms. The van der Waals surface area contributed by atoms with Gasteiger partial charge in [0.05, 0.1) is 5.69 Å². The molecule has 0 saturated carbocycles. The fraction of sp³-hybridized carbons (Fsp3) is 0.111. The van der Waals surface area contributed by atoms with Crippen molar-refractivity contribution in [2.75, 3.05) is 5.73 Å². The average molecular weight is 335 g/mol. The summed E-state index contributed by atoms with van der Waals surface area (Å²) >= 11 is 0. The van der Waals surface area contributed by atoms with Gasteiger partial charge in [0, 0.05) is 14.1 Å². The maximum atomic E-state index is 12.1. The standard InChI is InChI=1S/C18H17N5O2/c1-22-16(19)15(17(24)23(2)18(22)25)21-20-14-10-8-13(9-11-14)12-6-4-3-5-7-12/h3-11H,19H2,1-2H3/b21-20+. The normalized spacial score (nSPS) is 11.1. The SMILES string of the molecule is Cn1c(N)c(/N=N/c2ccc(-c3ccccc3)cc2)c(=O)n(C)c1=O. The number of aromatic nitrogens is 2. The Morgan fingerprint density at radius 3 is 2.04 bits per heavy atom. The third kappa shape index (κ3) is 3.12. The van der Waals surface area contributed by atoms with Crippen LogP contribution >= 0.6 is 0 Å². The monoisotopic (exact) mass is 335 g/mol. The zero-order valence-electron chi connectivity index (χ0n) is 13.9. The van der Waals surface area contributed by atoms with Gasteiger partial charge in [-0.25, -0.2) is 4.79 Å². The van der Waals surface area contributed by atoms with Gasteiger partial charge in [-0.05, 0) is 23.3 Å². The number of benzene rings is 2. The van der Waals surface area contributed by atoms with Crippen LogP contribution in [0.3, 0.4) is 0 Å². The molecule has 2 N–H and O–H groups in total. The second-order valence-corrected chi connectivity index (χ2v) is 5.55. The fourth-order valence-electron chi connectivity index (χ4n) is 2.40. The van der Waals surface area contributed by atoms with Crippen LogP contribution in [0.25, 0.3) is 11.1 Å². The van der Waals surface area contributed by atoms with Crippen LogP contribution in [0.5, 0.6) is 0 Å². The van der Waals surface area contributed by atoms with E-state index in [2.05, 4.69) is 10.2 Å². The van der Waals surface area contributed by atoms with Crippen molar-refractivity contribution in [3.63, 3.8) is 0 Å². The first kappa shape index (κ1) is 16.4. The Hall–Kier alpha value is -3.48. The van der Waals surface area contributed by atoms with Crippen LogP contribution in [-0.2, 0) is 14.1 Å².